The van der Waals surface area contributed by atoms with Crippen molar-refractivity contribution in [1.82, 2.24) is 0 Å². The summed E-state index contributed by atoms with van der Waals surface area (Å²) in [6, 6.07) is 17.9. The van der Waals surface area contributed by atoms with Gasteiger partial charge in [-0.05, 0) is 24.3 Å². The zero-order valence-corrected chi connectivity index (χ0v) is 14.5. The van der Waals surface area contributed by atoms with E-state index >= 15 is 0 Å². The van der Waals surface area contributed by atoms with Crippen LogP contribution in [0.5, 0.6) is 0 Å². The maximum Gasteiger partial charge on any atom is 0.120 e. The Hall–Kier alpha value is -3.75. The molecule has 0 amide bonds. The fourth-order valence-corrected chi connectivity index (χ4v) is 2.87. The summed E-state index contributed by atoms with van der Waals surface area (Å²) in [7, 11) is 0. The average Bonchev–Trinajstić information content (AvgIpc) is 2.63. The molecule has 0 aliphatic carbocycles. The van der Waals surface area contributed by atoms with Gasteiger partial charge in [-0.25, -0.2) is 0 Å². The van der Waals surface area contributed by atoms with Crippen molar-refractivity contribution in [3.63, 3.8) is 0 Å². The normalized spacial score (nSPS) is 12.2. The Morgan fingerprint density at radius 1 is 0.846 bits per heavy atom. The molecule has 8 heteroatoms. The summed E-state index contributed by atoms with van der Waals surface area (Å²) in [5.41, 5.74) is 25.1. The van der Waals surface area contributed by atoms with Crippen molar-refractivity contribution in [3.8, 4) is 12.1 Å². The van der Waals surface area contributed by atoms with Crippen LogP contribution in [-0.4, -0.2) is 0 Å². The number of nitriles is 2. The number of allylic oxidation sites excluding steroid dienone is 2. The third-order valence-corrected chi connectivity index (χ3v) is 4.37. The fourth-order valence-electron chi connectivity index (χ4n) is 2.05. The van der Waals surface area contributed by atoms with Gasteiger partial charge in [-0.15, -0.1) is 0 Å². The van der Waals surface area contributed by atoms with E-state index in [-0.39, 0.29) is 22.0 Å². The number of hydrogen-bond donors (Lipinski definition) is 5. The number of thioether (sulfide) groups is 1. The van der Waals surface area contributed by atoms with Gasteiger partial charge in [0.25, 0.3) is 0 Å². The highest BCUT2D eigenvalue weighted by atomic mass is 32.2. The molecule has 130 valence electrons. The zero-order valence-electron chi connectivity index (χ0n) is 13.7. The molecule has 0 aliphatic rings. The summed E-state index contributed by atoms with van der Waals surface area (Å²) in [4.78, 5) is 0.675. The first-order valence-electron chi connectivity index (χ1n) is 7.41. The van der Waals surface area contributed by atoms with Gasteiger partial charge in [0.15, 0.2) is 0 Å². The number of nitrogens with two attached hydrogens (primary N) is 4. The number of hydrogen-bond acceptors (Lipinski definition) is 8. The molecule has 2 rings (SSSR count). The quantitative estimate of drug-likeness (QED) is 0.234. The molecule has 0 saturated heterocycles. The first-order chi connectivity index (χ1) is 12.5. The molecule has 9 N–H and O–H groups in total. The molecule has 0 radical (unpaired) electrons. The molecule has 2 aromatic carbocycles. The van der Waals surface area contributed by atoms with Gasteiger partial charge in [0.2, 0.25) is 0 Å². The molecule has 0 unspecified atom stereocenters. The largest absolute Gasteiger partial charge is 0.398 e. The van der Waals surface area contributed by atoms with Crippen molar-refractivity contribution < 1.29 is 0 Å². The molecular formula is C18H17N7S. The van der Waals surface area contributed by atoms with E-state index < -0.39 is 0 Å². The maximum atomic E-state index is 9.49. The smallest absolute Gasteiger partial charge is 0.120 e. The van der Waals surface area contributed by atoms with Crippen LogP contribution in [0.3, 0.4) is 0 Å². The highest BCUT2D eigenvalue weighted by Crippen LogP contribution is 2.32. The zero-order chi connectivity index (χ0) is 19.1. The van der Waals surface area contributed by atoms with E-state index in [4.69, 9.17) is 22.9 Å². The highest BCUT2D eigenvalue weighted by molar-refractivity contribution is 8.03. The Bertz CT molecular complexity index is 884. The van der Waals surface area contributed by atoms with Crippen molar-refractivity contribution >= 4 is 28.8 Å². The number of anilines is 3. The Morgan fingerprint density at radius 2 is 1.42 bits per heavy atom. The van der Waals surface area contributed by atoms with Crippen LogP contribution in [0.4, 0.5) is 17.1 Å². The topological polar surface area (TPSA) is 164 Å². The SMILES string of the molecule is N#CC(=C(/N)Nc1ccccc1N)/C(C#N)=C(\N)Sc1ccccc1N. The van der Waals surface area contributed by atoms with Gasteiger partial charge in [0.05, 0.1) is 16.4 Å². The maximum absolute atomic E-state index is 9.49. The third-order valence-electron chi connectivity index (χ3n) is 3.36. The van der Waals surface area contributed by atoms with Gasteiger partial charge in [0, 0.05) is 10.6 Å². The molecule has 0 aliphatic heterocycles. The molecule has 0 fully saturated rings. The van der Waals surface area contributed by atoms with Crippen molar-refractivity contribution in [2.45, 2.75) is 4.90 Å². The molecule has 0 spiro atoms. The second-order valence-corrected chi connectivity index (χ2v) is 6.19. The Morgan fingerprint density at radius 3 is 2.00 bits per heavy atom. The summed E-state index contributed by atoms with van der Waals surface area (Å²) >= 11 is 1.09. The Labute approximate surface area is 155 Å². The van der Waals surface area contributed by atoms with E-state index in [2.05, 4.69) is 5.32 Å². The van der Waals surface area contributed by atoms with Gasteiger partial charge < -0.3 is 28.3 Å². The van der Waals surface area contributed by atoms with Crippen LogP contribution in [-0.2, 0) is 0 Å². The first-order valence-corrected chi connectivity index (χ1v) is 8.23. The molecule has 0 heterocycles. The molecule has 0 atom stereocenters. The van der Waals surface area contributed by atoms with Crippen LogP contribution in [0.15, 0.2) is 75.4 Å². The van der Waals surface area contributed by atoms with Gasteiger partial charge in [-0.3, -0.25) is 0 Å². The van der Waals surface area contributed by atoms with Gasteiger partial charge in [-0.2, -0.15) is 10.5 Å². The van der Waals surface area contributed by atoms with E-state index in [0.29, 0.717) is 22.0 Å². The Balaban J connectivity index is 2.42. The number of rotatable bonds is 5. The van der Waals surface area contributed by atoms with E-state index in [1.807, 2.05) is 12.1 Å². The van der Waals surface area contributed by atoms with Crippen LogP contribution in [0, 0.1) is 22.7 Å². The molecule has 0 saturated carbocycles. The first kappa shape index (κ1) is 18.6. The average molecular weight is 363 g/mol. The third kappa shape index (κ3) is 4.20. The summed E-state index contributed by atoms with van der Waals surface area (Å²) in [5.74, 6) is -0.0217. The number of nitrogens with zero attached hydrogens (tertiary/aromatic N) is 2. The summed E-state index contributed by atoms with van der Waals surface area (Å²) in [6.07, 6.45) is 0. The minimum absolute atomic E-state index is 0.0217. The molecule has 7 nitrogen and oxygen atoms in total. The van der Waals surface area contributed by atoms with Crippen LogP contribution in [0.25, 0.3) is 0 Å². The molecule has 0 bridgehead atoms. The lowest BCUT2D eigenvalue weighted by Crippen LogP contribution is -2.15. The van der Waals surface area contributed by atoms with E-state index in [1.165, 1.54) is 0 Å². The minimum Gasteiger partial charge on any atom is -0.398 e. The van der Waals surface area contributed by atoms with Crippen LogP contribution < -0.4 is 28.3 Å². The van der Waals surface area contributed by atoms with E-state index in [1.54, 1.807) is 48.5 Å². The Kier molecular flexibility index (Phi) is 5.99. The van der Waals surface area contributed by atoms with Crippen LogP contribution >= 0.6 is 11.8 Å². The summed E-state index contributed by atoms with van der Waals surface area (Å²) in [5, 5.41) is 21.9. The lowest BCUT2D eigenvalue weighted by atomic mass is 10.1. The van der Waals surface area contributed by atoms with Crippen molar-refractivity contribution in [2.75, 3.05) is 16.8 Å². The number of nitrogens with one attached hydrogen (secondary N) is 1. The predicted octanol–water partition coefficient (Wildman–Crippen LogP) is 2.44. The number of para-hydroxylation sites is 3. The minimum atomic E-state index is -0.0738. The van der Waals surface area contributed by atoms with Gasteiger partial charge in [0.1, 0.15) is 29.1 Å². The standard InChI is InChI=1S/C18H17N7S/c19-9-11(17(23)25-15-7-3-1-5-13(15)21)12(10-20)18(24)26-16-8-4-2-6-14(16)22/h1-8,25H,21-24H2/b17-11+,18-12+. The van der Waals surface area contributed by atoms with Crippen molar-refractivity contribution in [2.24, 2.45) is 11.5 Å². The van der Waals surface area contributed by atoms with Gasteiger partial charge >= 0.3 is 0 Å². The van der Waals surface area contributed by atoms with Crippen molar-refractivity contribution in [1.29, 1.82) is 10.5 Å². The number of benzene rings is 2. The molecular weight excluding hydrogens is 346 g/mol. The summed E-state index contributed by atoms with van der Waals surface area (Å²) < 4.78 is 0. The highest BCUT2D eigenvalue weighted by Gasteiger charge is 2.16. The lowest BCUT2D eigenvalue weighted by molar-refractivity contribution is 1.24. The van der Waals surface area contributed by atoms with E-state index in [0.717, 1.165) is 11.8 Å². The van der Waals surface area contributed by atoms with Gasteiger partial charge in [-0.1, -0.05) is 36.0 Å². The predicted molar refractivity (Wildman–Crippen MR) is 105 cm³/mol. The number of nitrogen functional groups attached to an aromatic ring is 2. The lowest BCUT2D eigenvalue weighted by Gasteiger charge is -2.12. The summed E-state index contributed by atoms with van der Waals surface area (Å²) in [6.45, 7) is 0. The van der Waals surface area contributed by atoms with Crippen LogP contribution in [0.1, 0.15) is 0 Å². The monoisotopic (exact) mass is 363 g/mol. The van der Waals surface area contributed by atoms with Crippen molar-refractivity contribution in [3.05, 3.63) is 70.5 Å². The molecule has 0 aromatic heterocycles. The second kappa shape index (κ2) is 8.38. The molecule has 2 aromatic rings. The van der Waals surface area contributed by atoms with E-state index in [9.17, 15) is 10.5 Å². The van der Waals surface area contributed by atoms with Crippen LogP contribution in [0.2, 0.25) is 0 Å². The fraction of sp³-hybridized carbons (Fsp3) is 0. The molecule has 26 heavy (non-hydrogen) atoms. The second-order valence-electron chi connectivity index (χ2n) is 5.10.